The second-order valence-electron chi connectivity index (χ2n) is 10.9. The summed E-state index contributed by atoms with van der Waals surface area (Å²) in [6.45, 7) is 14.7. The van der Waals surface area contributed by atoms with Gasteiger partial charge in [0, 0.05) is 87.9 Å². The summed E-state index contributed by atoms with van der Waals surface area (Å²) in [5.74, 6) is 0. The van der Waals surface area contributed by atoms with Gasteiger partial charge in [-0.2, -0.15) is 0 Å². The normalized spacial score (nSPS) is 16.5. The van der Waals surface area contributed by atoms with E-state index in [1.807, 2.05) is 0 Å². The third kappa shape index (κ3) is 8.14. The van der Waals surface area contributed by atoms with Gasteiger partial charge in [0.2, 0.25) is 0 Å². The molecular formula is C32H42N6OS2. The minimum atomic E-state index is 0.814. The van der Waals surface area contributed by atoms with Crippen molar-refractivity contribution in [2.45, 2.75) is 13.8 Å². The van der Waals surface area contributed by atoms with Crippen LogP contribution in [0.15, 0.2) is 59.3 Å². The zero-order valence-electron chi connectivity index (χ0n) is 24.8. The zero-order valence-corrected chi connectivity index (χ0v) is 26.4. The largest absolute Gasteiger partial charge is 0.383 e. The van der Waals surface area contributed by atoms with E-state index in [1.54, 1.807) is 29.8 Å². The number of hydrogen-bond acceptors (Lipinski definition) is 9. The number of piperazine rings is 2. The fourth-order valence-corrected chi connectivity index (χ4v) is 6.69. The van der Waals surface area contributed by atoms with Crippen LogP contribution in [0.1, 0.15) is 11.1 Å². The molecule has 0 amide bonds. The number of nitrogens with zero attached hydrogens (tertiary/aromatic N) is 6. The van der Waals surface area contributed by atoms with Gasteiger partial charge in [0.1, 0.15) is 0 Å². The highest BCUT2D eigenvalue weighted by atomic mass is 32.1. The number of anilines is 2. The van der Waals surface area contributed by atoms with Crippen molar-refractivity contribution in [1.29, 1.82) is 0 Å². The third-order valence-corrected chi connectivity index (χ3v) is 9.51. The summed E-state index contributed by atoms with van der Waals surface area (Å²) in [4.78, 5) is 19.2. The Morgan fingerprint density at radius 1 is 0.659 bits per heavy atom. The lowest BCUT2D eigenvalue weighted by Crippen LogP contribution is -2.47. The summed E-state index contributed by atoms with van der Waals surface area (Å²) in [6, 6.07) is 17.2. The van der Waals surface area contributed by atoms with Gasteiger partial charge in [0.05, 0.1) is 18.0 Å². The molecule has 7 nitrogen and oxygen atoms in total. The Bertz CT molecular complexity index is 1340. The summed E-state index contributed by atoms with van der Waals surface area (Å²) in [5.41, 5.74) is 7.17. The fourth-order valence-electron chi connectivity index (χ4n) is 4.91. The van der Waals surface area contributed by atoms with Crippen LogP contribution in [0.25, 0.3) is 22.5 Å². The van der Waals surface area contributed by atoms with E-state index in [0.717, 1.165) is 87.2 Å². The maximum atomic E-state index is 5.15. The maximum Gasteiger partial charge on any atom is 0.185 e. The SMILES string of the molecule is COCCN1CCN(c2nc(-c3ccc(C)cc3)cs2)CC1.Cc1ccc(-c2csc(N3CCN(C)CC3)n2)cc1. The van der Waals surface area contributed by atoms with Crippen molar-refractivity contribution in [3.8, 4) is 22.5 Å². The highest BCUT2D eigenvalue weighted by Crippen LogP contribution is 2.29. The predicted octanol–water partition coefficient (Wildman–Crippen LogP) is 5.76. The first-order chi connectivity index (χ1) is 20.0. The number of likely N-dealkylation sites (N-methyl/N-ethyl adjacent to an activating group) is 1. The van der Waals surface area contributed by atoms with Crippen LogP contribution in [0.2, 0.25) is 0 Å². The molecule has 9 heteroatoms. The van der Waals surface area contributed by atoms with Crippen LogP contribution in [0.4, 0.5) is 10.3 Å². The van der Waals surface area contributed by atoms with Gasteiger partial charge in [0.25, 0.3) is 0 Å². The molecular weight excluding hydrogens is 549 g/mol. The van der Waals surface area contributed by atoms with Crippen LogP contribution in [-0.2, 0) is 4.74 Å². The van der Waals surface area contributed by atoms with Gasteiger partial charge in [0.15, 0.2) is 10.3 Å². The van der Waals surface area contributed by atoms with E-state index in [1.165, 1.54) is 22.3 Å². The molecule has 6 rings (SSSR count). The first-order valence-electron chi connectivity index (χ1n) is 14.4. The van der Waals surface area contributed by atoms with E-state index < -0.39 is 0 Å². The summed E-state index contributed by atoms with van der Waals surface area (Å²) in [5, 5.41) is 6.63. The Morgan fingerprint density at radius 2 is 1.10 bits per heavy atom. The van der Waals surface area contributed by atoms with Gasteiger partial charge in [-0.15, -0.1) is 22.7 Å². The highest BCUT2D eigenvalue weighted by Gasteiger charge is 2.20. The quantitative estimate of drug-likeness (QED) is 0.271. The van der Waals surface area contributed by atoms with E-state index in [2.05, 4.69) is 99.8 Å². The molecule has 2 saturated heterocycles. The number of benzene rings is 2. The van der Waals surface area contributed by atoms with Gasteiger partial charge >= 0.3 is 0 Å². The molecule has 0 spiro atoms. The first kappa shape index (κ1) is 29.7. The third-order valence-electron chi connectivity index (χ3n) is 7.71. The summed E-state index contributed by atoms with van der Waals surface area (Å²) >= 11 is 3.50. The molecule has 41 heavy (non-hydrogen) atoms. The Hall–Kier alpha value is -2.82. The van der Waals surface area contributed by atoms with E-state index in [-0.39, 0.29) is 0 Å². The summed E-state index contributed by atoms with van der Waals surface area (Å²) in [6.07, 6.45) is 0. The van der Waals surface area contributed by atoms with E-state index in [0.29, 0.717) is 0 Å². The number of aromatic nitrogens is 2. The first-order valence-corrected chi connectivity index (χ1v) is 16.2. The van der Waals surface area contributed by atoms with Crippen LogP contribution in [0.5, 0.6) is 0 Å². The van der Waals surface area contributed by atoms with Gasteiger partial charge in [-0.3, -0.25) is 4.90 Å². The molecule has 4 aromatic rings. The number of hydrogen-bond donors (Lipinski definition) is 0. The lowest BCUT2D eigenvalue weighted by molar-refractivity contribution is 0.144. The van der Waals surface area contributed by atoms with Gasteiger partial charge in [-0.05, 0) is 20.9 Å². The number of ether oxygens (including phenoxy) is 1. The number of aryl methyl sites for hydroxylation is 2. The molecule has 0 N–H and O–H groups in total. The van der Waals surface area contributed by atoms with Crippen LogP contribution in [0.3, 0.4) is 0 Å². The topological polar surface area (TPSA) is 48.0 Å². The second-order valence-corrected chi connectivity index (χ2v) is 12.5. The Morgan fingerprint density at radius 3 is 1.54 bits per heavy atom. The van der Waals surface area contributed by atoms with Crippen LogP contribution >= 0.6 is 22.7 Å². The molecule has 2 aromatic carbocycles. The molecule has 2 aliphatic rings. The monoisotopic (exact) mass is 590 g/mol. The number of thiazole rings is 2. The predicted molar refractivity (Wildman–Crippen MR) is 175 cm³/mol. The second kappa shape index (κ2) is 14.4. The molecule has 0 saturated carbocycles. The Kier molecular flexibility index (Phi) is 10.4. The average Bonchev–Trinajstić information content (AvgIpc) is 3.69. The standard InChI is InChI=1S/C17H23N3OS.C15H19N3S/c1-14-3-5-15(6-4-14)16-13-22-17(18-16)20-9-7-19(8-10-20)11-12-21-2;1-12-3-5-13(6-4-12)14-11-19-15(16-14)18-9-7-17(2)8-10-18/h3-6,13H,7-12H2,1-2H3;3-6,11H,7-10H2,1-2H3. The molecule has 0 radical (unpaired) electrons. The maximum absolute atomic E-state index is 5.15. The smallest absolute Gasteiger partial charge is 0.185 e. The van der Waals surface area contributed by atoms with Crippen molar-refractivity contribution < 1.29 is 4.74 Å². The molecule has 0 bridgehead atoms. The molecule has 2 aliphatic heterocycles. The van der Waals surface area contributed by atoms with Gasteiger partial charge in [-0.25, -0.2) is 9.97 Å². The summed E-state index contributed by atoms with van der Waals surface area (Å²) < 4.78 is 5.15. The van der Waals surface area contributed by atoms with Crippen LogP contribution < -0.4 is 9.80 Å². The Labute approximate surface area is 253 Å². The average molecular weight is 591 g/mol. The molecule has 0 atom stereocenters. The van der Waals surface area contributed by atoms with Crippen molar-refractivity contribution in [2.75, 3.05) is 89.5 Å². The minimum absolute atomic E-state index is 0.814. The highest BCUT2D eigenvalue weighted by molar-refractivity contribution is 7.14. The number of methoxy groups -OCH3 is 1. The fraction of sp³-hybridized carbons (Fsp3) is 0.438. The molecule has 2 fully saturated rings. The van der Waals surface area contributed by atoms with Crippen LogP contribution in [0, 0.1) is 13.8 Å². The van der Waals surface area contributed by atoms with E-state index in [9.17, 15) is 0 Å². The molecule has 218 valence electrons. The van der Waals surface area contributed by atoms with Crippen molar-refractivity contribution >= 4 is 32.9 Å². The minimum Gasteiger partial charge on any atom is -0.383 e. The Balaban J connectivity index is 0.000000166. The van der Waals surface area contributed by atoms with E-state index >= 15 is 0 Å². The lowest BCUT2D eigenvalue weighted by Gasteiger charge is -2.34. The lowest BCUT2D eigenvalue weighted by atomic mass is 10.1. The molecule has 4 heterocycles. The molecule has 0 aliphatic carbocycles. The molecule has 0 unspecified atom stereocenters. The van der Waals surface area contributed by atoms with Crippen LogP contribution in [-0.4, -0.2) is 99.4 Å². The molecule has 2 aromatic heterocycles. The zero-order chi connectivity index (χ0) is 28.6. The van der Waals surface area contributed by atoms with Crippen molar-refractivity contribution in [2.24, 2.45) is 0 Å². The van der Waals surface area contributed by atoms with E-state index in [4.69, 9.17) is 14.7 Å². The number of rotatable bonds is 7. The van der Waals surface area contributed by atoms with Crippen molar-refractivity contribution in [1.82, 2.24) is 19.8 Å². The summed E-state index contributed by atoms with van der Waals surface area (Å²) in [7, 11) is 3.94. The van der Waals surface area contributed by atoms with Crippen molar-refractivity contribution in [3.63, 3.8) is 0 Å². The van der Waals surface area contributed by atoms with Gasteiger partial charge in [-0.1, -0.05) is 59.7 Å². The van der Waals surface area contributed by atoms with Crippen molar-refractivity contribution in [3.05, 3.63) is 70.4 Å². The van der Waals surface area contributed by atoms with Gasteiger partial charge < -0.3 is 19.4 Å².